The van der Waals surface area contributed by atoms with Gasteiger partial charge in [-0.2, -0.15) is 0 Å². The number of carbonyl (C=O) groups is 1. The summed E-state index contributed by atoms with van der Waals surface area (Å²) in [5.41, 5.74) is 3.90. The van der Waals surface area contributed by atoms with Crippen LogP contribution in [0, 0.1) is 0 Å². The van der Waals surface area contributed by atoms with Crippen molar-refractivity contribution in [3.8, 4) is 0 Å². The van der Waals surface area contributed by atoms with Gasteiger partial charge < -0.3 is 10.6 Å². The highest BCUT2D eigenvalue weighted by atomic mass is 32.2. The van der Waals surface area contributed by atoms with Crippen LogP contribution in [0.15, 0.2) is 53.5 Å². The van der Waals surface area contributed by atoms with Crippen molar-refractivity contribution < 1.29 is 13.2 Å². The summed E-state index contributed by atoms with van der Waals surface area (Å²) in [5.74, 6) is 0.216. The lowest BCUT2D eigenvalue weighted by Gasteiger charge is -2.26. The summed E-state index contributed by atoms with van der Waals surface area (Å²) in [4.78, 5) is 17.4. The van der Waals surface area contributed by atoms with Gasteiger partial charge in [0, 0.05) is 16.5 Å². The number of amidine groups is 1. The molecule has 2 N–H and O–H groups in total. The van der Waals surface area contributed by atoms with Crippen LogP contribution in [0.3, 0.4) is 0 Å². The number of hydrogen-bond acceptors (Lipinski definition) is 6. The Morgan fingerprint density at radius 3 is 2.83 bits per heavy atom. The van der Waals surface area contributed by atoms with Gasteiger partial charge in [0.2, 0.25) is 0 Å². The van der Waals surface area contributed by atoms with E-state index in [2.05, 4.69) is 27.8 Å². The van der Waals surface area contributed by atoms with E-state index in [-0.39, 0.29) is 34.7 Å². The lowest BCUT2D eigenvalue weighted by atomic mass is 9.87. The molecule has 0 saturated carbocycles. The number of nitrogens with one attached hydrogen (secondary N) is 2. The minimum atomic E-state index is -2.96. The van der Waals surface area contributed by atoms with Gasteiger partial charge in [0.25, 0.3) is 5.91 Å². The summed E-state index contributed by atoms with van der Waals surface area (Å²) < 4.78 is 23.4. The molecule has 0 radical (unpaired) electrons. The maximum Gasteiger partial charge on any atom is 0.251 e. The van der Waals surface area contributed by atoms with Crippen LogP contribution in [0.2, 0.25) is 0 Å². The van der Waals surface area contributed by atoms with Crippen LogP contribution in [0.5, 0.6) is 0 Å². The molecule has 1 saturated heterocycles. The fourth-order valence-electron chi connectivity index (χ4n) is 4.42. The highest BCUT2D eigenvalue weighted by Crippen LogP contribution is 2.35. The van der Waals surface area contributed by atoms with Gasteiger partial charge in [0.15, 0.2) is 15.0 Å². The lowest BCUT2D eigenvalue weighted by Crippen LogP contribution is -2.31. The molecule has 0 spiro atoms. The summed E-state index contributed by atoms with van der Waals surface area (Å²) in [6.07, 6.45) is 3.07. The Balaban J connectivity index is 1.27. The normalized spacial score (nSPS) is 26.4. The first kappa shape index (κ1) is 19.6. The third kappa shape index (κ3) is 3.98. The van der Waals surface area contributed by atoms with E-state index in [1.807, 2.05) is 30.3 Å². The van der Waals surface area contributed by atoms with Gasteiger partial charge in [-0.05, 0) is 48.6 Å². The quantitative estimate of drug-likeness (QED) is 0.764. The Bertz CT molecular complexity index is 1130. The highest BCUT2D eigenvalue weighted by Gasteiger charge is 2.42. The first-order chi connectivity index (χ1) is 14.5. The van der Waals surface area contributed by atoms with Crippen molar-refractivity contribution >= 4 is 38.4 Å². The van der Waals surface area contributed by atoms with Crippen molar-refractivity contribution in [2.24, 2.45) is 4.99 Å². The second kappa shape index (κ2) is 7.74. The average Bonchev–Trinajstić information content (AvgIpc) is 3.21. The van der Waals surface area contributed by atoms with Crippen molar-refractivity contribution in [3.63, 3.8) is 0 Å². The minimum absolute atomic E-state index is 0.00430. The van der Waals surface area contributed by atoms with Gasteiger partial charge in [-0.3, -0.25) is 9.79 Å². The Morgan fingerprint density at radius 1 is 1.10 bits per heavy atom. The molecule has 5 rings (SSSR count). The molecule has 1 fully saturated rings. The molecule has 2 aromatic rings. The maximum atomic E-state index is 12.9. The molecule has 0 unspecified atom stereocenters. The van der Waals surface area contributed by atoms with Crippen molar-refractivity contribution in [2.45, 2.75) is 36.6 Å². The van der Waals surface area contributed by atoms with Gasteiger partial charge in [0.05, 0.1) is 23.6 Å². The molecule has 1 aliphatic carbocycles. The van der Waals surface area contributed by atoms with Crippen molar-refractivity contribution in [2.75, 3.05) is 16.8 Å². The van der Waals surface area contributed by atoms with Crippen LogP contribution in [0.4, 0.5) is 5.69 Å². The third-order valence-corrected chi connectivity index (χ3v) is 9.01. The molecule has 3 atom stereocenters. The number of fused-ring (bicyclic) bond motifs is 2. The van der Waals surface area contributed by atoms with Crippen molar-refractivity contribution in [1.82, 2.24) is 5.32 Å². The molecular weight excluding hydrogens is 418 g/mol. The number of carbonyl (C=O) groups excluding carboxylic acids is 1. The number of aliphatic imine (C=N–C) groups is 1. The van der Waals surface area contributed by atoms with Gasteiger partial charge in [-0.15, -0.1) is 0 Å². The van der Waals surface area contributed by atoms with E-state index < -0.39 is 9.84 Å². The number of aryl methyl sites for hydroxylation is 1. The first-order valence-electron chi connectivity index (χ1n) is 10.2. The Labute approximate surface area is 180 Å². The third-order valence-electron chi connectivity index (χ3n) is 5.87. The monoisotopic (exact) mass is 441 g/mol. The van der Waals surface area contributed by atoms with Gasteiger partial charge >= 0.3 is 0 Å². The number of nitrogens with zero attached hydrogens (tertiary/aromatic N) is 1. The number of rotatable bonds is 3. The Morgan fingerprint density at radius 2 is 1.97 bits per heavy atom. The van der Waals surface area contributed by atoms with Gasteiger partial charge in [-0.25, -0.2) is 8.42 Å². The fraction of sp³-hybridized carbons (Fsp3) is 0.364. The predicted octanol–water partition coefficient (Wildman–Crippen LogP) is 3.17. The minimum Gasteiger partial charge on any atom is -0.345 e. The van der Waals surface area contributed by atoms with Gasteiger partial charge in [0.1, 0.15) is 0 Å². The summed E-state index contributed by atoms with van der Waals surface area (Å²) >= 11 is 1.47. The topological polar surface area (TPSA) is 87.6 Å². The summed E-state index contributed by atoms with van der Waals surface area (Å²) in [5, 5.41) is 7.15. The number of thioether (sulfide) groups is 1. The largest absolute Gasteiger partial charge is 0.345 e. The summed E-state index contributed by atoms with van der Waals surface area (Å²) in [6, 6.07) is 15.5. The molecule has 0 aromatic heterocycles. The number of hydrogen-bond donors (Lipinski definition) is 2. The molecule has 8 heteroatoms. The first-order valence-corrected chi connectivity index (χ1v) is 12.9. The molecule has 2 aliphatic heterocycles. The van der Waals surface area contributed by atoms with E-state index in [9.17, 15) is 13.2 Å². The number of anilines is 1. The zero-order valence-corrected chi connectivity index (χ0v) is 18.0. The molecule has 2 heterocycles. The molecule has 3 aliphatic rings. The van der Waals surface area contributed by atoms with Crippen LogP contribution in [0.25, 0.3) is 0 Å². The number of amides is 1. The summed E-state index contributed by atoms with van der Waals surface area (Å²) in [6.45, 7) is 0. The van der Waals surface area contributed by atoms with Crippen LogP contribution >= 0.6 is 11.8 Å². The second-order valence-electron chi connectivity index (χ2n) is 8.06. The molecule has 30 heavy (non-hydrogen) atoms. The molecule has 2 aromatic carbocycles. The second-order valence-corrected chi connectivity index (χ2v) is 11.4. The van der Waals surface area contributed by atoms with Crippen LogP contribution in [-0.4, -0.2) is 42.3 Å². The van der Waals surface area contributed by atoms with E-state index in [4.69, 9.17) is 0 Å². The summed E-state index contributed by atoms with van der Waals surface area (Å²) in [7, 11) is -2.96. The number of benzene rings is 2. The Kier molecular flexibility index (Phi) is 5.06. The van der Waals surface area contributed by atoms with E-state index in [0.717, 1.165) is 30.1 Å². The molecule has 6 nitrogen and oxygen atoms in total. The lowest BCUT2D eigenvalue weighted by molar-refractivity contribution is 0.0933. The van der Waals surface area contributed by atoms with Crippen LogP contribution in [-0.2, 0) is 16.3 Å². The SMILES string of the molecule is O=C(N[C@@H]1CCCc2ccccc21)c1cccc(NC2=N[C@@H]3CS(=O)(=O)C[C@@H]3S2)c1. The van der Waals surface area contributed by atoms with E-state index >= 15 is 0 Å². The van der Waals surface area contributed by atoms with Crippen LogP contribution in [0.1, 0.15) is 40.4 Å². The molecule has 0 bridgehead atoms. The molecular formula is C22H23N3O3S2. The maximum absolute atomic E-state index is 12.9. The van der Waals surface area contributed by atoms with Crippen molar-refractivity contribution in [1.29, 1.82) is 0 Å². The number of sulfone groups is 1. The van der Waals surface area contributed by atoms with Crippen LogP contribution < -0.4 is 10.6 Å². The standard InChI is InChI=1S/C22H23N3O3S2/c26-21(24-18-10-4-6-14-5-1-2-9-17(14)18)15-7-3-8-16(11-15)23-22-25-19-12-30(27,28)13-20(19)29-22/h1-3,5,7-9,11,18-20H,4,6,10,12-13H2,(H,23,25)(H,24,26)/t18-,19-,20+/m1/s1. The zero-order valence-electron chi connectivity index (χ0n) is 16.4. The Hall–Kier alpha value is -2.32. The van der Waals surface area contributed by atoms with Gasteiger partial charge in [-0.1, -0.05) is 42.1 Å². The fourth-order valence-corrected chi connectivity index (χ4v) is 8.10. The molecule has 1 amide bonds. The predicted molar refractivity (Wildman–Crippen MR) is 121 cm³/mol. The van der Waals surface area contributed by atoms with E-state index in [1.54, 1.807) is 6.07 Å². The smallest absolute Gasteiger partial charge is 0.251 e. The average molecular weight is 442 g/mol. The molecule has 156 valence electrons. The van der Waals surface area contributed by atoms with Crippen molar-refractivity contribution in [3.05, 3.63) is 65.2 Å². The van der Waals surface area contributed by atoms with E-state index in [1.165, 1.54) is 22.9 Å². The zero-order chi connectivity index (χ0) is 20.7. The van der Waals surface area contributed by atoms with E-state index in [0.29, 0.717) is 5.56 Å². The highest BCUT2D eigenvalue weighted by molar-refractivity contribution is 8.15.